The highest BCUT2D eigenvalue weighted by molar-refractivity contribution is 5.90. The molecule has 3 aromatic carbocycles. The molecule has 0 aliphatic carbocycles. The number of benzene rings is 3. The molecule has 2 amide bonds. The number of carbonyl (C=O) groups excluding carboxylic acids is 2. The van der Waals surface area contributed by atoms with Crippen LogP contribution in [0.2, 0.25) is 0 Å². The summed E-state index contributed by atoms with van der Waals surface area (Å²) in [7, 11) is 0. The molecular formula is C29H30N4O2. The predicted octanol–water partition coefficient (Wildman–Crippen LogP) is 4.99. The molecule has 2 heterocycles. The lowest BCUT2D eigenvalue weighted by molar-refractivity contribution is -0.142. The Morgan fingerprint density at radius 2 is 1.63 bits per heavy atom. The highest BCUT2D eigenvalue weighted by Crippen LogP contribution is 2.37. The standard InChI is InChI=1S/C29H30N4O2/c1-20(23-13-7-4-8-14-23)18-30-27(34)17-26-29(35)32(19-22-11-5-3-6-12-22)21(2)28-31-24-15-9-10-16-25(24)33(26)28/h3-16,20-21,26H,17-19H2,1-2H3,(H,30,34). The topological polar surface area (TPSA) is 67.2 Å². The number of imidazole rings is 1. The van der Waals surface area contributed by atoms with Crippen molar-refractivity contribution in [1.29, 1.82) is 0 Å². The number of para-hydroxylation sites is 2. The van der Waals surface area contributed by atoms with Gasteiger partial charge in [0.05, 0.1) is 23.5 Å². The molecular weight excluding hydrogens is 436 g/mol. The summed E-state index contributed by atoms with van der Waals surface area (Å²) >= 11 is 0. The average Bonchev–Trinajstić information content (AvgIpc) is 3.28. The summed E-state index contributed by atoms with van der Waals surface area (Å²) in [5.74, 6) is 0.811. The lowest BCUT2D eigenvalue weighted by atomic mass is 10.0. The van der Waals surface area contributed by atoms with Crippen LogP contribution in [0.5, 0.6) is 0 Å². The number of hydrogen-bond acceptors (Lipinski definition) is 3. The van der Waals surface area contributed by atoms with Crippen LogP contribution in [0.1, 0.15) is 55.2 Å². The molecule has 3 atom stereocenters. The van der Waals surface area contributed by atoms with Crippen LogP contribution in [0, 0.1) is 0 Å². The van der Waals surface area contributed by atoms with E-state index in [9.17, 15) is 9.59 Å². The van der Waals surface area contributed by atoms with E-state index in [4.69, 9.17) is 4.98 Å². The summed E-state index contributed by atoms with van der Waals surface area (Å²) in [5.41, 5.74) is 3.95. The van der Waals surface area contributed by atoms with E-state index in [1.807, 2.05) is 89.2 Å². The number of rotatable bonds is 7. The molecule has 3 unspecified atom stereocenters. The molecule has 1 N–H and O–H groups in total. The van der Waals surface area contributed by atoms with Crippen LogP contribution < -0.4 is 5.32 Å². The molecule has 0 bridgehead atoms. The second kappa shape index (κ2) is 9.74. The van der Waals surface area contributed by atoms with Crippen molar-refractivity contribution in [2.45, 2.75) is 44.8 Å². The molecule has 4 aromatic rings. The Bertz CT molecular complexity index is 1330. The molecule has 0 saturated heterocycles. The van der Waals surface area contributed by atoms with Gasteiger partial charge in [0.15, 0.2) is 0 Å². The zero-order valence-electron chi connectivity index (χ0n) is 20.1. The number of hydrogen-bond donors (Lipinski definition) is 1. The molecule has 0 spiro atoms. The van der Waals surface area contributed by atoms with Gasteiger partial charge in [-0.2, -0.15) is 0 Å². The number of nitrogens with one attached hydrogen (secondary N) is 1. The second-order valence-electron chi connectivity index (χ2n) is 9.29. The maximum absolute atomic E-state index is 13.8. The fraction of sp³-hybridized carbons (Fsp3) is 0.276. The van der Waals surface area contributed by atoms with Gasteiger partial charge in [-0.15, -0.1) is 0 Å². The highest BCUT2D eigenvalue weighted by atomic mass is 16.2. The molecule has 0 radical (unpaired) electrons. The minimum absolute atomic E-state index is 0.0525. The predicted molar refractivity (Wildman–Crippen MR) is 137 cm³/mol. The van der Waals surface area contributed by atoms with Crippen molar-refractivity contribution >= 4 is 22.8 Å². The molecule has 1 aliphatic rings. The lowest BCUT2D eigenvalue weighted by Crippen LogP contribution is -2.46. The zero-order valence-corrected chi connectivity index (χ0v) is 20.1. The molecule has 0 saturated carbocycles. The van der Waals surface area contributed by atoms with Crippen molar-refractivity contribution in [3.05, 3.63) is 102 Å². The molecule has 6 heteroatoms. The van der Waals surface area contributed by atoms with Crippen LogP contribution in [0.25, 0.3) is 11.0 Å². The maximum atomic E-state index is 13.8. The first kappa shape index (κ1) is 22.8. The third-order valence-electron chi connectivity index (χ3n) is 6.89. The van der Waals surface area contributed by atoms with Gasteiger partial charge in [-0.25, -0.2) is 4.98 Å². The minimum atomic E-state index is -0.635. The lowest BCUT2D eigenvalue weighted by Gasteiger charge is -2.38. The largest absolute Gasteiger partial charge is 0.355 e. The quantitative estimate of drug-likeness (QED) is 0.417. The molecule has 1 aliphatic heterocycles. The van der Waals surface area contributed by atoms with Crippen molar-refractivity contribution in [2.75, 3.05) is 6.54 Å². The Hall–Kier alpha value is -3.93. The van der Waals surface area contributed by atoms with Crippen LogP contribution in [0.4, 0.5) is 0 Å². The third kappa shape index (κ3) is 4.56. The van der Waals surface area contributed by atoms with Crippen molar-refractivity contribution in [3.63, 3.8) is 0 Å². The van der Waals surface area contributed by atoms with Gasteiger partial charge in [-0.1, -0.05) is 79.7 Å². The first-order valence-corrected chi connectivity index (χ1v) is 12.2. The normalized spacial score (nSPS) is 18.3. The number of nitrogens with zero attached hydrogens (tertiary/aromatic N) is 3. The fourth-order valence-electron chi connectivity index (χ4n) is 4.91. The van der Waals surface area contributed by atoms with E-state index in [1.165, 1.54) is 5.56 Å². The third-order valence-corrected chi connectivity index (χ3v) is 6.89. The summed E-state index contributed by atoms with van der Waals surface area (Å²) in [6.45, 7) is 5.10. The van der Waals surface area contributed by atoms with Crippen LogP contribution >= 0.6 is 0 Å². The van der Waals surface area contributed by atoms with Crippen LogP contribution in [-0.2, 0) is 16.1 Å². The zero-order chi connectivity index (χ0) is 24.4. The molecule has 5 rings (SSSR count). The second-order valence-corrected chi connectivity index (χ2v) is 9.29. The van der Waals surface area contributed by atoms with E-state index >= 15 is 0 Å². The smallest absolute Gasteiger partial charge is 0.247 e. The number of carbonyl (C=O) groups is 2. The molecule has 178 valence electrons. The van der Waals surface area contributed by atoms with Crippen LogP contribution in [0.3, 0.4) is 0 Å². The number of amides is 2. The fourth-order valence-corrected chi connectivity index (χ4v) is 4.91. The van der Waals surface area contributed by atoms with Gasteiger partial charge in [0.1, 0.15) is 11.9 Å². The highest BCUT2D eigenvalue weighted by Gasteiger charge is 2.40. The van der Waals surface area contributed by atoms with Gasteiger partial charge in [-0.05, 0) is 36.1 Å². The van der Waals surface area contributed by atoms with E-state index in [0.29, 0.717) is 13.1 Å². The molecule has 35 heavy (non-hydrogen) atoms. The Morgan fingerprint density at radius 3 is 2.37 bits per heavy atom. The Morgan fingerprint density at radius 1 is 0.971 bits per heavy atom. The number of aromatic nitrogens is 2. The van der Waals surface area contributed by atoms with Gasteiger partial charge < -0.3 is 14.8 Å². The van der Waals surface area contributed by atoms with Crippen molar-refractivity contribution in [3.8, 4) is 0 Å². The summed E-state index contributed by atoms with van der Waals surface area (Å²) in [6, 6.07) is 27.1. The summed E-state index contributed by atoms with van der Waals surface area (Å²) in [5, 5.41) is 3.05. The monoisotopic (exact) mass is 466 g/mol. The Labute approximate surface area is 205 Å². The minimum Gasteiger partial charge on any atom is -0.355 e. The Balaban J connectivity index is 1.41. The Kier molecular flexibility index (Phi) is 6.36. The average molecular weight is 467 g/mol. The van der Waals surface area contributed by atoms with E-state index < -0.39 is 6.04 Å². The van der Waals surface area contributed by atoms with E-state index in [2.05, 4.69) is 24.4 Å². The van der Waals surface area contributed by atoms with Gasteiger partial charge in [0.2, 0.25) is 11.8 Å². The summed E-state index contributed by atoms with van der Waals surface area (Å²) < 4.78 is 1.98. The number of fused-ring (bicyclic) bond motifs is 3. The molecule has 0 fully saturated rings. The van der Waals surface area contributed by atoms with Crippen molar-refractivity contribution < 1.29 is 9.59 Å². The first-order chi connectivity index (χ1) is 17.0. The van der Waals surface area contributed by atoms with Gasteiger partial charge >= 0.3 is 0 Å². The van der Waals surface area contributed by atoms with E-state index in [1.54, 1.807) is 0 Å². The van der Waals surface area contributed by atoms with E-state index in [-0.39, 0.29) is 30.2 Å². The van der Waals surface area contributed by atoms with Gasteiger partial charge in [-0.3, -0.25) is 9.59 Å². The van der Waals surface area contributed by atoms with Gasteiger partial charge in [0.25, 0.3) is 0 Å². The van der Waals surface area contributed by atoms with Crippen LogP contribution in [0.15, 0.2) is 84.9 Å². The van der Waals surface area contributed by atoms with E-state index in [0.717, 1.165) is 22.4 Å². The molecule has 6 nitrogen and oxygen atoms in total. The van der Waals surface area contributed by atoms with Crippen molar-refractivity contribution in [1.82, 2.24) is 19.8 Å². The first-order valence-electron chi connectivity index (χ1n) is 12.2. The SMILES string of the molecule is CC(CNC(=O)CC1C(=O)N(Cc2ccccc2)C(C)c2nc3ccccc3n21)c1ccccc1. The molecule has 1 aromatic heterocycles. The van der Waals surface area contributed by atoms with Crippen LogP contribution in [-0.4, -0.2) is 32.8 Å². The maximum Gasteiger partial charge on any atom is 0.247 e. The van der Waals surface area contributed by atoms with Gasteiger partial charge in [0, 0.05) is 13.1 Å². The van der Waals surface area contributed by atoms with Crippen molar-refractivity contribution in [2.24, 2.45) is 0 Å². The summed E-state index contributed by atoms with van der Waals surface area (Å²) in [4.78, 5) is 33.6. The summed E-state index contributed by atoms with van der Waals surface area (Å²) in [6.07, 6.45) is 0.0751.